The molecule has 2 unspecified atom stereocenters. The second-order valence-electron chi connectivity index (χ2n) is 4.67. The van der Waals surface area contributed by atoms with E-state index in [1.807, 2.05) is 0 Å². The van der Waals surface area contributed by atoms with Crippen LogP contribution in [0, 0.1) is 0 Å². The fourth-order valence-corrected chi connectivity index (χ4v) is 2.19. The molecule has 1 aliphatic heterocycles. The quantitative estimate of drug-likeness (QED) is 0.593. The van der Waals surface area contributed by atoms with Crippen LogP contribution in [0.1, 0.15) is 30.1 Å². The van der Waals surface area contributed by atoms with E-state index in [9.17, 15) is 14.7 Å². The van der Waals surface area contributed by atoms with Gasteiger partial charge in [0, 0.05) is 24.2 Å². The standard InChI is InChI=1S/C12H17N3O3/c1-7-4-9(2-3-13-7)14-12(18)8-5-10(16)15-11(17)6-8/h5-7,9,13H,2-4H2,1H3,(H,14,18)(H2,15,16,17). The van der Waals surface area contributed by atoms with Gasteiger partial charge in [-0.2, -0.15) is 0 Å². The van der Waals surface area contributed by atoms with Gasteiger partial charge in [0.2, 0.25) is 0 Å². The van der Waals surface area contributed by atoms with Gasteiger partial charge in [-0.1, -0.05) is 0 Å². The molecule has 1 aliphatic rings. The number of carbonyl (C=O) groups is 1. The smallest absolute Gasteiger partial charge is 0.251 e. The number of H-pyrrole nitrogens is 1. The average Bonchev–Trinajstić information content (AvgIpc) is 2.27. The Morgan fingerprint density at radius 3 is 2.94 bits per heavy atom. The third kappa shape index (κ3) is 3.10. The van der Waals surface area contributed by atoms with Gasteiger partial charge < -0.3 is 15.7 Å². The Balaban J connectivity index is 2.05. The van der Waals surface area contributed by atoms with Crippen molar-refractivity contribution < 1.29 is 9.90 Å². The minimum atomic E-state index is -0.487. The van der Waals surface area contributed by atoms with E-state index in [1.54, 1.807) is 0 Å². The van der Waals surface area contributed by atoms with Crippen molar-refractivity contribution in [3.8, 4) is 5.88 Å². The van der Waals surface area contributed by atoms with Gasteiger partial charge in [0.15, 0.2) is 5.88 Å². The van der Waals surface area contributed by atoms with Gasteiger partial charge in [-0.15, -0.1) is 0 Å². The van der Waals surface area contributed by atoms with Gasteiger partial charge >= 0.3 is 0 Å². The first-order valence-electron chi connectivity index (χ1n) is 6.02. The van der Waals surface area contributed by atoms with Gasteiger partial charge in [0.1, 0.15) is 0 Å². The maximum Gasteiger partial charge on any atom is 0.251 e. The van der Waals surface area contributed by atoms with Crippen LogP contribution in [-0.2, 0) is 0 Å². The number of amides is 1. The molecule has 0 bridgehead atoms. The largest absolute Gasteiger partial charge is 0.494 e. The second-order valence-corrected chi connectivity index (χ2v) is 4.67. The topological polar surface area (TPSA) is 94.2 Å². The highest BCUT2D eigenvalue weighted by Gasteiger charge is 2.20. The molecule has 2 atom stereocenters. The summed E-state index contributed by atoms with van der Waals surface area (Å²) in [6, 6.07) is 2.91. The van der Waals surface area contributed by atoms with Crippen molar-refractivity contribution in [2.75, 3.05) is 6.54 Å². The summed E-state index contributed by atoms with van der Waals surface area (Å²) < 4.78 is 0. The lowest BCUT2D eigenvalue weighted by atomic mass is 10.0. The van der Waals surface area contributed by atoms with Crippen molar-refractivity contribution in [1.82, 2.24) is 15.6 Å². The van der Waals surface area contributed by atoms with E-state index < -0.39 is 5.56 Å². The van der Waals surface area contributed by atoms with Crippen molar-refractivity contribution >= 4 is 5.91 Å². The van der Waals surface area contributed by atoms with Crippen LogP contribution in [-0.4, -0.2) is 34.6 Å². The van der Waals surface area contributed by atoms with Gasteiger partial charge in [-0.05, 0) is 26.3 Å². The zero-order valence-electron chi connectivity index (χ0n) is 10.2. The van der Waals surface area contributed by atoms with E-state index in [1.165, 1.54) is 12.1 Å². The minimum Gasteiger partial charge on any atom is -0.494 e. The summed E-state index contributed by atoms with van der Waals surface area (Å²) in [5.74, 6) is -0.623. The Kier molecular flexibility index (Phi) is 3.66. The van der Waals surface area contributed by atoms with Gasteiger partial charge in [-0.25, -0.2) is 0 Å². The predicted octanol–water partition coefficient (Wildman–Crippen LogP) is -0.0492. The van der Waals surface area contributed by atoms with Crippen molar-refractivity contribution in [3.05, 3.63) is 28.0 Å². The van der Waals surface area contributed by atoms with Crippen LogP contribution >= 0.6 is 0 Å². The van der Waals surface area contributed by atoms with Gasteiger partial charge in [-0.3, -0.25) is 14.6 Å². The summed E-state index contributed by atoms with van der Waals surface area (Å²) >= 11 is 0. The summed E-state index contributed by atoms with van der Waals surface area (Å²) in [7, 11) is 0. The Labute approximate surface area is 104 Å². The number of nitrogens with one attached hydrogen (secondary N) is 3. The first-order valence-corrected chi connectivity index (χ1v) is 6.02. The summed E-state index contributed by atoms with van der Waals surface area (Å²) in [5, 5.41) is 15.4. The molecule has 2 rings (SSSR count). The average molecular weight is 251 g/mol. The number of aromatic hydroxyl groups is 1. The summed E-state index contributed by atoms with van der Waals surface area (Å²) in [6.45, 7) is 2.93. The van der Waals surface area contributed by atoms with E-state index in [4.69, 9.17) is 0 Å². The molecule has 0 saturated carbocycles. The lowest BCUT2D eigenvalue weighted by Gasteiger charge is -2.28. The molecule has 1 aromatic heterocycles. The highest BCUT2D eigenvalue weighted by atomic mass is 16.3. The number of aromatic amines is 1. The molecule has 1 amide bonds. The third-order valence-electron chi connectivity index (χ3n) is 3.05. The normalized spacial score (nSPS) is 23.6. The van der Waals surface area contributed by atoms with Crippen molar-refractivity contribution in [2.24, 2.45) is 0 Å². The molecule has 0 aromatic carbocycles. The number of pyridine rings is 1. The SMILES string of the molecule is CC1CC(NC(=O)c2cc(O)[nH]c(=O)c2)CCN1. The number of carbonyl (C=O) groups excluding carboxylic acids is 1. The van der Waals surface area contributed by atoms with Crippen LogP contribution in [0.15, 0.2) is 16.9 Å². The van der Waals surface area contributed by atoms with E-state index in [-0.39, 0.29) is 23.4 Å². The lowest BCUT2D eigenvalue weighted by molar-refractivity contribution is 0.0925. The van der Waals surface area contributed by atoms with Crippen LogP contribution in [0.3, 0.4) is 0 Å². The Morgan fingerprint density at radius 2 is 2.28 bits per heavy atom. The molecule has 2 heterocycles. The van der Waals surface area contributed by atoms with Crippen molar-refractivity contribution in [1.29, 1.82) is 0 Å². The maximum absolute atomic E-state index is 11.9. The van der Waals surface area contributed by atoms with E-state index >= 15 is 0 Å². The van der Waals surface area contributed by atoms with E-state index in [2.05, 4.69) is 22.5 Å². The zero-order valence-corrected chi connectivity index (χ0v) is 10.2. The molecule has 98 valence electrons. The Bertz CT molecular complexity index is 498. The highest BCUT2D eigenvalue weighted by Crippen LogP contribution is 2.10. The van der Waals surface area contributed by atoms with E-state index in [0.717, 1.165) is 19.4 Å². The molecule has 0 radical (unpaired) electrons. The summed E-state index contributed by atoms with van der Waals surface area (Å²) in [4.78, 5) is 25.3. The molecule has 1 saturated heterocycles. The Hall–Kier alpha value is -1.82. The fraction of sp³-hybridized carbons (Fsp3) is 0.500. The molecular weight excluding hydrogens is 234 g/mol. The predicted molar refractivity (Wildman–Crippen MR) is 66.7 cm³/mol. The summed E-state index contributed by atoms with van der Waals surface area (Å²) in [6.07, 6.45) is 1.73. The third-order valence-corrected chi connectivity index (χ3v) is 3.05. The van der Waals surface area contributed by atoms with Crippen LogP contribution in [0.4, 0.5) is 0 Å². The molecule has 6 nitrogen and oxygen atoms in total. The van der Waals surface area contributed by atoms with Crippen LogP contribution in [0.5, 0.6) is 5.88 Å². The first kappa shape index (κ1) is 12.6. The number of aromatic nitrogens is 1. The van der Waals surface area contributed by atoms with Crippen LogP contribution in [0.2, 0.25) is 0 Å². The monoisotopic (exact) mass is 251 g/mol. The van der Waals surface area contributed by atoms with Crippen LogP contribution < -0.4 is 16.2 Å². The van der Waals surface area contributed by atoms with Crippen LogP contribution in [0.25, 0.3) is 0 Å². The molecular formula is C12H17N3O3. The molecule has 4 N–H and O–H groups in total. The number of rotatable bonds is 2. The second kappa shape index (κ2) is 5.22. The maximum atomic E-state index is 11.9. The van der Waals surface area contributed by atoms with Crippen molar-refractivity contribution in [3.63, 3.8) is 0 Å². The zero-order chi connectivity index (χ0) is 13.1. The molecule has 1 fully saturated rings. The molecule has 18 heavy (non-hydrogen) atoms. The number of hydrogen-bond acceptors (Lipinski definition) is 4. The minimum absolute atomic E-state index is 0.107. The molecule has 1 aromatic rings. The first-order chi connectivity index (χ1) is 8.54. The van der Waals surface area contributed by atoms with E-state index in [0.29, 0.717) is 6.04 Å². The fourth-order valence-electron chi connectivity index (χ4n) is 2.19. The lowest BCUT2D eigenvalue weighted by Crippen LogP contribution is -2.46. The molecule has 0 aliphatic carbocycles. The molecule has 0 spiro atoms. The summed E-state index contributed by atoms with van der Waals surface area (Å²) in [5.41, 5.74) is -0.304. The Morgan fingerprint density at radius 1 is 1.50 bits per heavy atom. The number of piperidine rings is 1. The molecule has 6 heteroatoms. The highest BCUT2D eigenvalue weighted by molar-refractivity contribution is 5.94. The van der Waals surface area contributed by atoms with Gasteiger partial charge in [0.05, 0.1) is 5.56 Å². The van der Waals surface area contributed by atoms with Gasteiger partial charge in [0.25, 0.3) is 11.5 Å². The van der Waals surface area contributed by atoms with Crippen molar-refractivity contribution in [2.45, 2.75) is 31.8 Å². The number of hydrogen-bond donors (Lipinski definition) is 4.